The molecule has 1 unspecified atom stereocenters. The lowest BCUT2D eigenvalue weighted by Crippen LogP contribution is -2.03. The van der Waals surface area contributed by atoms with Crippen molar-refractivity contribution in [3.05, 3.63) is 59.4 Å². The second-order valence-corrected chi connectivity index (χ2v) is 7.00. The maximum Gasteiger partial charge on any atom is 0.153 e. The van der Waals surface area contributed by atoms with E-state index in [1.807, 2.05) is 46.5 Å². The Morgan fingerprint density at radius 3 is 2.24 bits per heavy atom. The summed E-state index contributed by atoms with van der Waals surface area (Å²) in [5.41, 5.74) is 5.90. The molecule has 6 heteroatoms. The predicted molar refractivity (Wildman–Crippen MR) is 96.9 cm³/mol. The first-order valence-corrected chi connectivity index (χ1v) is 8.68. The largest absolute Gasteiger partial charge is 0.232 e. The minimum atomic E-state index is 0.264. The fourth-order valence-electron chi connectivity index (χ4n) is 2.98. The highest BCUT2D eigenvalue weighted by Crippen LogP contribution is 2.20. The van der Waals surface area contributed by atoms with Crippen molar-refractivity contribution in [2.75, 3.05) is 0 Å². The van der Waals surface area contributed by atoms with Crippen LogP contribution in [-0.2, 0) is 6.42 Å². The van der Waals surface area contributed by atoms with Crippen LogP contribution in [0.15, 0.2) is 36.7 Å². The third-order valence-electron chi connectivity index (χ3n) is 4.48. The van der Waals surface area contributed by atoms with Crippen molar-refractivity contribution in [2.24, 2.45) is 0 Å². The number of fused-ring (bicyclic) bond motifs is 2. The van der Waals surface area contributed by atoms with Crippen LogP contribution >= 0.6 is 0 Å². The Hall–Kier alpha value is -2.76. The maximum atomic E-state index is 4.72. The third-order valence-corrected chi connectivity index (χ3v) is 4.48. The van der Waals surface area contributed by atoms with Crippen molar-refractivity contribution in [2.45, 2.75) is 46.0 Å². The van der Waals surface area contributed by atoms with Gasteiger partial charge in [0.05, 0.1) is 35.2 Å². The Balaban J connectivity index is 1.60. The molecule has 0 radical (unpaired) electrons. The van der Waals surface area contributed by atoms with Gasteiger partial charge in [-0.1, -0.05) is 20.8 Å². The molecule has 4 rings (SSSR count). The third kappa shape index (κ3) is 2.99. The number of aryl methyl sites for hydroxylation is 1. The van der Waals surface area contributed by atoms with Gasteiger partial charge in [0.25, 0.3) is 0 Å². The van der Waals surface area contributed by atoms with Gasteiger partial charge in [-0.25, -0.2) is 19.0 Å². The van der Waals surface area contributed by atoms with Gasteiger partial charge >= 0.3 is 0 Å². The molecular formula is C19H22N6. The Kier molecular flexibility index (Phi) is 3.75. The summed E-state index contributed by atoms with van der Waals surface area (Å²) in [7, 11) is 0. The summed E-state index contributed by atoms with van der Waals surface area (Å²) in [6, 6.07) is 8.08. The van der Waals surface area contributed by atoms with Gasteiger partial charge in [-0.3, -0.25) is 0 Å². The van der Waals surface area contributed by atoms with Crippen LogP contribution in [0.4, 0.5) is 0 Å². The standard InChI is InChI=1S/C19H22N6/c1-12(2)16-10-25-19(20-16)8-6-15(23-25)9-13(3)17-11-24-18(21-17)7-5-14(4)22-24/h5-8,10-13H,9H2,1-4H3. The first-order chi connectivity index (χ1) is 12.0. The number of aromatic nitrogens is 6. The van der Waals surface area contributed by atoms with Crippen LogP contribution in [0.25, 0.3) is 11.3 Å². The summed E-state index contributed by atoms with van der Waals surface area (Å²) < 4.78 is 3.73. The minimum absolute atomic E-state index is 0.264. The van der Waals surface area contributed by atoms with Crippen LogP contribution in [0.2, 0.25) is 0 Å². The molecule has 25 heavy (non-hydrogen) atoms. The van der Waals surface area contributed by atoms with Crippen molar-refractivity contribution < 1.29 is 0 Å². The van der Waals surface area contributed by atoms with E-state index in [0.717, 1.165) is 40.5 Å². The van der Waals surface area contributed by atoms with E-state index in [-0.39, 0.29) is 5.92 Å². The summed E-state index contributed by atoms with van der Waals surface area (Å²) in [5.74, 6) is 0.665. The van der Waals surface area contributed by atoms with Crippen LogP contribution in [0.3, 0.4) is 0 Å². The van der Waals surface area contributed by atoms with Crippen molar-refractivity contribution >= 4 is 11.3 Å². The van der Waals surface area contributed by atoms with E-state index in [1.165, 1.54) is 0 Å². The van der Waals surface area contributed by atoms with Gasteiger partial charge in [0.2, 0.25) is 0 Å². The normalized spacial score (nSPS) is 13.2. The van der Waals surface area contributed by atoms with E-state index in [0.29, 0.717) is 5.92 Å². The molecule has 0 saturated carbocycles. The Bertz CT molecular complexity index is 1040. The van der Waals surface area contributed by atoms with Crippen LogP contribution in [0, 0.1) is 6.92 Å². The molecule has 0 aliphatic rings. The summed E-state index contributed by atoms with van der Waals surface area (Å²) in [6.45, 7) is 8.44. The summed E-state index contributed by atoms with van der Waals surface area (Å²) in [4.78, 5) is 9.30. The number of hydrogen-bond donors (Lipinski definition) is 0. The molecule has 0 aliphatic heterocycles. The molecule has 0 aliphatic carbocycles. The first kappa shape index (κ1) is 15.7. The van der Waals surface area contributed by atoms with Crippen LogP contribution in [-0.4, -0.2) is 29.2 Å². The molecule has 0 aromatic carbocycles. The maximum absolute atomic E-state index is 4.72. The van der Waals surface area contributed by atoms with E-state index in [2.05, 4.69) is 36.9 Å². The molecule has 4 aromatic rings. The average Bonchev–Trinajstić information content (AvgIpc) is 3.17. The molecule has 0 fully saturated rings. The van der Waals surface area contributed by atoms with Crippen molar-refractivity contribution in [3.8, 4) is 0 Å². The SMILES string of the molecule is Cc1ccc2nc(C(C)Cc3ccc4nc(C(C)C)cn4n3)cn2n1. The van der Waals surface area contributed by atoms with Gasteiger partial charge in [-0.05, 0) is 43.5 Å². The second-order valence-electron chi connectivity index (χ2n) is 7.00. The Morgan fingerprint density at radius 2 is 1.48 bits per heavy atom. The molecule has 4 heterocycles. The van der Waals surface area contributed by atoms with Crippen LogP contribution in [0.1, 0.15) is 55.4 Å². The smallest absolute Gasteiger partial charge is 0.153 e. The molecule has 128 valence electrons. The highest BCUT2D eigenvalue weighted by atomic mass is 15.3. The van der Waals surface area contributed by atoms with Gasteiger partial charge in [0.1, 0.15) is 0 Å². The Morgan fingerprint density at radius 1 is 0.840 bits per heavy atom. The number of imidazole rings is 2. The van der Waals surface area contributed by atoms with E-state index >= 15 is 0 Å². The lowest BCUT2D eigenvalue weighted by Gasteiger charge is -2.07. The number of rotatable bonds is 4. The van der Waals surface area contributed by atoms with Crippen molar-refractivity contribution in [1.29, 1.82) is 0 Å². The molecule has 0 bridgehead atoms. The average molecular weight is 334 g/mol. The van der Waals surface area contributed by atoms with Gasteiger partial charge < -0.3 is 0 Å². The predicted octanol–water partition coefficient (Wildman–Crippen LogP) is 3.55. The zero-order valence-corrected chi connectivity index (χ0v) is 15.0. The zero-order valence-electron chi connectivity index (χ0n) is 15.0. The highest BCUT2D eigenvalue weighted by Gasteiger charge is 2.14. The molecule has 4 aromatic heterocycles. The molecule has 0 spiro atoms. The van der Waals surface area contributed by atoms with Gasteiger partial charge in [0, 0.05) is 5.92 Å². The van der Waals surface area contributed by atoms with E-state index in [9.17, 15) is 0 Å². The Labute approximate surface area is 146 Å². The van der Waals surface area contributed by atoms with E-state index in [4.69, 9.17) is 10.1 Å². The molecule has 0 saturated heterocycles. The topological polar surface area (TPSA) is 60.4 Å². The quantitative estimate of drug-likeness (QED) is 0.572. The van der Waals surface area contributed by atoms with Crippen molar-refractivity contribution in [3.63, 3.8) is 0 Å². The zero-order chi connectivity index (χ0) is 17.6. The molecule has 0 N–H and O–H groups in total. The second kappa shape index (κ2) is 5.95. The lowest BCUT2D eigenvalue weighted by molar-refractivity contribution is 0.700. The van der Waals surface area contributed by atoms with Gasteiger partial charge in [-0.15, -0.1) is 0 Å². The van der Waals surface area contributed by atoms with E-state index < -0.39 is 0 Å². The fourth-order valence-corrected chi connectivity index (χ4v) is 2.98. The van der Waals surface area contributed by atoms with Crippen LogP contribution < -0.4 is 0 Å². The highest BCUT2D eigenvalue weighted by molar-refractivity contribution is 5.40. The lowest BCUT2D eigenvalue weighted by atomic mass is 10.0. The van der Waals surface area contributed by atoms with Gasteiger partial charge in [-0.2, -0.15) is 10.2 Å². The number of hydrogen-bond acceptors (Lipinski definition) is 4. The molecule has 1 atom stereocenters. The minimum Gasteiger partial charge on any atom is -0.232 e. The summed E-state index contributed by atoms with van der Waals surface area (Å²) in [5, 5.41) is 9.19. The molecular weight excluding hydrogens is 312 g/mol. The summed E-state index contributed by atoms with van der Waals surface area (Å²) >= 11 is 0. The molecule has 0 amide bonds. The summed E-state index contributed by atoms with van der Waals surface area (Å²) in [6.07, 6.45) is 4.86. The van der Waals surface area contributed by atoms with E-state index in [1.54, 1.807) is 0 Å². The van der Waals surface area contributed by atoms with Gasteiger partial charge in [0.15, 0.2) is 11.3 Å². The molecule has 6 nitrogen and oxygen atoms in total. The monoisotopic (exact) mass is 334 g/mol. The van der Waals surface area contributed by atoms with Crippen molar-refractivity contribution in [1.82, 2.24) is 29.2 Å². The number of nitrogens with zero attached hydrogens (tertiary/aromatic N) is 6. The van der Waals surface area contributed by atoms with Crippen LogP contribution in [0.5, 0.6) is 0 Å². The first-order valence-electron chi connectivity index (χ1n) is 8.68. The fraction of sp³-hybridized carbons (Fsp3) is 0.368.